The molecule has 1 N–H and O–H groups in total. The second-order valence-electron chi connectivity index (χ2n) is 8.64. The predicted octanol–water partition coefficient (Wildman–Crippen LogP) is 1.18. The third kappa shape index (κ3) is 6.53. The molecular formula is C23H27FN4O7S. The summed E-state index contributed by atoms with van der Waals surface area (Å²) in [5, 5.41) is 6.87. The molecule has 0 bridgehead atoms. The molecule has 0 aliphatic carbocycles. The lowest BCUT2D eigenvalue weighted by Crippen LogP contribution is -2.44. The molecule has 13 heteroatoms. The molecule has 3 unspecified atom stereocenters. The molecule has 4 rings (SSSR count). The molecule has 2 aliphatic heterocycles. The molecular weight excluding hydrogens is 495 g/mol. The number of halogens is 1. The predicted molar refractivity (Wildman–Crippen MR) is 126 cm³/mol. The van der Waals surface area contributed by atoms with E-state index in [9.17, 15) is 17.6 Å². The van der Waals surface area contributed by atoms with E-state index in [0.717, 1.165) is 6.26 Å². The van der Waals surface area contributed by atoms with Gasteiger partial charge in [0.15, 0.2) is 17.7 Å². The normalized spacial score (nSPS) is 22.0. The van der Waals surface area contributed by atoms with Gasteiger partial charge in [0, 0.05) is 19.2 Å². The van der Waals surface area contributed by atoms with Gasteiger partial charge in [-0.15, -0.1) is 0 Å². The summed E-state index contributed by atoms with van der Waals surface area (Å²) in [7, 11) is -1.80. The van der Waals surface area contributed by atoms with Crippen LogP contribution >= 0.6 is 0 Å². The van der Waals surface area contributed by atoms with Crippen LogP contribution in [0.5, 0.6) is 5.75 Å². The SMILES string of the molecule is COc1cc(CNC(=O)c2cc(C3=NOC(C4COC(CS(C)(=O)=O)CO4)C3)nc(C)n2)ccc1F. The number of benzene rings is 1. The van der Waals surface area contributed by atoms with E-state index in [1.807, 2.05) is 0 Å². The minimum Gasteiger partial charge on any atom is -0.494 e. The highest BCUT2D eigenvalue weighted by Gasteiger charge is 2.36. The van der Waals surface area contributed by atoms with Crippen LogP contribution in [-0.4, -0.2) is 80.6 Å². The Hall–Kier alpha value is -3.16. The number of nitrogens with one attached hydrogen (secondary N) is 1. The molecule has 1 amide bonds. The van der Waals surface area contributed by atoms with E-state index < -0.39 is 39.9 Å². The summed E-state index contributed by atoms with van der Waals surface area (Å²) in [6.07, 6.45) is 0.165. The third-order valence-corrected chi connectivity index (χ3v) is 6.60. The Labute approximate surface area is 207 Å². The highest BCUT2D eigenvalue weighted by Crippen LogP contribution is 2.24. The number of nitrogens with zero attached hydrogens (tertiary/aromatic N) is 3. The van der Waals surface area contributed by atoms with Crippen LogP contribution in [0.3, 0.4) is 0 Å². The fraction of sp³-hybridized carbons (Fsp3) is 0.478. The summed E-state index contributed by atoms with van der Waals surface area (Å²) >= 11 is 0. The number of hydrogen-bond donors (Lipinski definition) is 1. The number of methoxy groups -OCH3 is 1. The number of sulfone groups is 1. The zero-order chi connectivity index (χ0) is 25.9. The van der Waals surface area contributed by atoms with Crippen LogP contribution in [0.2, 0.25) is 0 Å². The Balaban J connectivity index is 1.35. The van der Waals surface area contributed by atoms with Gasteiger partial charge < -0.3 is 24.4 Å². The van der Waals surface area contributed by atoms with Crippen LogP contribution in [0.25, 0.3) is 0 Å². The molecule has 3 heterocycles. The van der Waals surface area contributed by atoms with Crippen LogP contribution in [-0.2, 0) is 30.7 Å². The van der Waals surface area contributed by atoms with E-state index in [0.29, 0.717) is 29.2 Å². The van der Waals surface area contributed by atoms with Gasteiger partial charge in [-0.2, -0.15) is 0 Å². The van der Waals surface area contributed by atoms with Gasteiger partial charge in [0.25, 0.3) is 5.91 Å². The highest BCUT2D eigenvalue weighted by molar-refractivity contribution is 7.90. The fourth-order valence-corrected chi connectivity index (χ4v) is 4.74. The van der Waals surface area contributed by atoms with Crippen LogP contribution in [0.4, 0.5) is 4.39 Å². The molecule has 2 aromatic rings. The van der Waals surface area contributed by atoms with Gasteiger partial charge in [0.05, 0.1) is 37.9 Å². The minimum absolute atomic E-state index is 0.0916. The molecule has 1 aromatic carbocycles. The molecule has 36 heavy (non-hydrogen) atoms. The number of aromatic nitrogens is 2. The lowest BCUT2D eigenvalue weighted by molar-refractivity contribution is -0.165. The van der Waals surface area contributed by atoms with Crippen molar-refractivity contribution in [3.8, 4) is 5.75 Å². The Morgan fingerprint density at radius 2 is 2.00 bits per heavy atom. The Morgan fingerprint density at radius 1 is 1.19 bits per heavy atom. The highest BCUT2D eigenvalue weighted by atomic mass is 32.2. The zero-order valence-corrected chi connectivity index (χ0v) is 20.9. The van der Waals surface area contributed by atoms with Crippen molar-refractivity contribution in [1.29, 1.82) is 0 Å². The minimum atomic E-state index is -3.17. The van der Waals surface area contributed by atoms with Crippen LogP contribution < -0.4 is 10.1 Å². The molecule has 0 saturated carbocycles. The third-order valence-electron chi connectivity index (χ3n) is 5.62. The maximum atomic E-state index is 13.6. The van der Waals surface area contributed by atoms with Crippen molar-refractivity contribution in [3.63, 3.8) is 0 Å². The maximum Gasteiger partial charge on any atom is 0.270 e. The number of amides is 1. The Bertz CT molecular complexity index is 1260. The first-order chi connectivity index (χ1) is 17.1. The number of carbonyl (C=O) groups is 1. The molecule has 1 saturated heterocycles. The van der Waals surface area contributed by atoms with Crippen LogP contribution in [0, 0.1) is 12.7 Å². The summed E-state index contributed by atoms with van der Waals surface area (Å²) < 4.78 is 52.9. The average Bonchev–Trinajstić information content (AvgIpc) is 3.33. The smallest absolute Gasteiger partial charge is 0.270 e. The van der Waals surface area contributed by atoms with Crippen molar-refractivity contribution in [2.75, 3.05) is 32.3 Å². The van der Waals surface area contributed by atoms with Crippen molar-refractivity contribution in [3.05, 3.63) is 52.9 Å². The van der Waals surface area contributed by atoms with E-state index in [1.54, 1.807) is 13.0 Å². The van der Waals surface area contributed by atoms with E-state index >= 15 is 0 Å². The summed E-state index contributed by atoms with van der Waals surface area (Å²) in [4.78, 5) is 26.9. The van der Waals surface area contributed by atoms with Gasteiger partial charge in [-0.05, 0) is 30.7 Å². The topological polar surface area (TPSA) is 138 Å². The molecule has 3 atom stereocenters. The first kappa shape index (κ1) is 25.9. The first-order valence-electron chi connectivity index (χ1n) is 11.2. The molecule has 0 spiro atoms. The largest absolute Gasteiger partial charge is 0.494 e. The van der Waals surface area contributed by atoms with E-state index in [1.165, 1.54) is 25.3 Å². The van der Waals surface area contributed by atoms with Gasteiger partial charge in [0.1, 0.15) is 33.2 Å². The lowest BCUT2D eigenvalue weighted by atomic mass is 10.0. The van der Waals surface area contributed by atoms with Crippen LogP contribution in [0.15, 0.2) is 29.4 Å². The second-order valence-corrected chi connectivity index (χ2v) is 10.8. The van der Waals surface area contributed by atoms with Crippen molar-refractivity contribution >= 4 is 21.5 Å². The second kappa shape index (κ2) is 10.8. The summed E-state index contributed by atoms with van der Waals surface area (Å²) in [5.74, 6) is -0.545. The van der Waals surface area contributed by atoms with Crippen molar-refractivity contribution < 1.29 is 36.7 Å². The summed E-state index contributed by atoms with van der Waals surface area (Å²) in [6.45, 7) is 2.14. The van der Waals surface area contributed by atoms with Crippen LogP contribution in [0.1, 0.15) is 34.0 Å². The number of aryl methyl sites for hydroxylation is 1. The fourth-order valence-electron chi connectivity index (χ4n) is 3.87. The molecule has 1 aromatic heterocycles. The number of oxime groups is 1. The monoisotopic (exact) mass is 522 g/mol. The standard InChI is InChI=1S/C23H27FN4O7S/c1-13-26-17(7-19(27-13)23(29)25-9-14-4-5-16(24)20(6-14)32-2)18-8-21(35-28-18)22-11-33-15(10-34-22)12-36(3,30)31/h4-7,15,21-22H,8-12H2,1-3H3,(H,25,29). The van der Waals surface area contributed by atoms with Crippen molar-refractivity contribution in [2.24, 2.45) is 5.16 Å². The van der Waals surface area contributed by atoms with E-state index in [4.69, 9.17) is 19.0 Å². The van der Waals surface area contributed by atoms with Gasteiger partial charge in [-0.25, -0.2) is 22.8 Å². The van der Waals surface area contributed by atoms with E-state index in [-0.39, 0.29) is 37.0 Å². The summed E-state index contributed by atoms with van der Waals surface area (Å²) in [6, 6.07) is 5.87. The lowest BCUT2D eigenvalue weighted by Gasteiger charge is -2.31. The van der Waals surface area contributed by atoms with Gasteiger partial charge >= 0.3 is 0 Å². The van der Waals surface area contributed by atoms with E-state index in [2.05, 4.69) is 20.4 Å². The molecule has 1 fully saturated rings. The number of ether oxygens (including phenoxy) is 3. The number of rotatable bonds is 8. The van der Waals surface area contributed by atoms with Crippen molar-refractivity contribution in [1.82, 2.24) is 15.3 Å². The van der Waals surface area contributed by atoms with Gasteiger partial charge in [0.2, 0.25) is 0 Å². The Morgan fingerprint density at radius 3 is 2.69 bits per heavy atom. The summed E-state index contributed by atoms with van der Waals surface area (Å²) in [5.41, 5.74) is 1.80. The molecule has 2 aliphatic rings. The Kier molecular flexibility index (Phi) is 7.81. The average molecular weight is 523 g/mol. The first-order valence-corrected chi connectivity index (χ1v) is 13.3. The zero-order valence-electron chi connectivity index (χ0n) is 20.1. The quantitative estimate of drug-likeness (QED) is 0.542. The van der Waals surface area contributed by atoms with Crippen molar-refractivity contribution in [2.45, 2.75) is 38.2 Å². The molecule has 194 valence electrons. The molecule has 11 nitrogen and oxygen atoms in total. The van der Waals surface area contributed by atoms with Gasteiger partial charge in [-0.1, -0.05) is 11.2 Å². The maximum absolute atomic E-state index is 13.6. The molecule has 0 radical (unpaired) electrons. The number of hydrogen-bond acceptors (Lipinski definition) is 10. The number of carbonyl (C=O) groups excluding carboxylic acids is 1. The van der Waals surface area contributed by atoms with Gasteiger partial charge in [-0.3, -0.25) is 4.79 Å².